The minimum atomic E-state index is -0.487. The van der Waals surface area contributed by atoms with Gasteiger partial charge in [-0.1, -0.05) is 60.4 Å². The molecule has 0 aliphatic heterocycles. The number of nitrogens with zero attached hydrogens (tertiary/aromatic N) is 1. The van der Waals surface area contributed by atoms with Gasteiger partial charge in [-0.15, -0.1) is 11.8 Å². The first-order chi connectivity index (χ1) is 14.9. The second kappa shape index (κ2) is 11.4. The van der Waals surface area contributed by atoms with Crippen molar-refractivity contribution >= 4 is 23.6 Å². The van der Waals surface area contributed by atoms with Crippen molar-refractivity contribution < 1.29 is 9.59 Å². The lowest BCUT2D eigenvalue weighted by molar-refractivity contribution is -0.140. The molecule has 0 spiro atoms. The van der Waals surface area contributed by atoms with Crippen LogP contribution in [0.3, 0.4) is 0 Å². The predicted octanol–water partition coefficient (Wildman–Crippen LogP) is 5.26. The molecule has 2 aromatic carbocycles. The molecule has 31 heavy (non-hydrogen) atoms. The quantitative estimate of drug-likeness (QED) is 0.543. The van der Waals surface area contributed by atoms with Crippen LogP contribution in [0.5, 0.6) is 0 Å². The third kappa shape index (κ3) is 7.13. The van der Waals surface area contributed by atoms with E-state index >= 15 is 0 Å². The Balaban J connectivity index is 1.64. The van der Waals surface area contributed by atoms with Gasteiger partial charge in [0.1, 0.15) is 6.04 Å². The van der Waals surface area contributed by atoms with Gasteiger partial charge < -0.3 is 10.2 Å². The number of amides is 2. The highest BCUT2D eigenvalue weighted by Gasteiger charge is 2.28. The fraction of sp³-hybridized carbons (Fsp3) is 0.462. The lowest BCUT2D eigenvalue weighted by Crippen LogP contribution is -2.49. The van der Waals surface area contributed by atoms with Gasteiger partial charge in [0, 0.05) is 29.7 Å². The number of carbonyl (C=O) groups excluding carboxylic acids is 2. The Morgan fingerprint density at radius 2 is 1.58 bits per heavy atom. The van der Waals surface area contributed by atoms with Gasteiger partial charge in [0.25, 0.3) is 0 Å². The van der Waals surface area contributed by atoms with Crippen molar-refractivity contribution in [3.63, 3.8) is 0 Å². The van der Waals surface area contributed by atoms with Crippen LogP contribution in [0.4, 0.5) is 0 Å². The van der Waals surface area contributed by atoms with Crippen LogP contribution < -0.4 is 5.32 Å². The molecule has 2 aromatic rings. The van der Waals surface area contributed by atoms with E-state index < -0.39 is 6.04 Å². The third-order valence-corrected chi connectivity index (χ3v) is 6.96. The fourth-order valence-corrected chi connectivity index (χ4v) is 4.74. The van der Waals surface area contributed by atoms with Gasteiger partial charge >= 0.3 is 0 Å². The summed E-state index contributed by atoms with van der Waals surface area (Å²) >= 11 is 1.68. The van der Waals surface area contributed by atoms with Crippen molar-refractivity contribution in [2.24, 2.45) is 0 Å². The zero-order valence-electron chi connectivity index (χ0n) is 18.9. The maximum atomic E-state index is 13.2. The fourth-order valence-electron chi connectivity index (χ4n) is 3.90. The standard InChI is InChI=1S/C26H34N2O2S/c1-19-8-12-22(13-9-19)18-28(21(3)26(30)27-23-6-4-5-7-23)25(29)16-17-31-24-14-10-20(2)11-15-24/h8-15,21,23H,4-7,16-18H2,1-3H3,(H,27,30)/t21-/m1/s1. The third-order valence-electron chi connectivity index (χ3n) is 5.95. The lowest BCUT2D eigenvalue weighted by Gasteiger charge is -2.30. The van der Waals surface area contributed by atoms with E-state index in [2.05, 4.69) is 48.6 Å². The van der Waals surface area contributed by atoms with E-state index in [0.717, 1.165) is 23.3 Å². The molecule has 3 rings (SSSR count). The molecule has 0 radical (unpaired) electrons. The van der Waals surface area contributed by atoms with Crippen LogP contribution in [0.15, 0.2) is 53.4 Å². The van der Waals surface area contributed by atoms with E-state index in [1.165, 1.54) is 24.0 Å². The van der Waals surface area contributed by atoms with Crippen molar-refractivity contribution in [1.29, 1.82) is 0 Å². The second-order valence-corrected chi connectivity index (χ2v) is 9.75. The van der Waals surface area contributed by atoms with Crippen molar-refractivity contribution in [1.82, 2.24) is 10.2 Å². The summed E-state index contributed by atoms with van der Waals surface area (Å²) in [6.45, 7) is 6.42. The Morgan fingerprint density at radius 1 is 1.00 bits per heavy atom. The van der Waals surface area contributed by atoms with E-state index in [1.54, 1.807) is 16.7 Å². The predicted molar refractivity (Wildman–Crippen MR) is 128 cm³/mol. The van der Waals surface area contributed by atoms with Crippen molar-refractivity contribution in [3.05, 3.63) is 65.2 Å². The molecule has 166 valence electrons. The van der Waals surface area contributed by atoms with Crippen LogP contribution in [0.25, 0.3) is 0 Å². The molecule has 0 aromatic heterocycles. The molecular weight excluding hydrogens is 404 g/mol. The summed E-state index contributed by atoms with van der Waals surface area (Å²) in [7, 11) is 0. The number of hydrogen-bond donors (Lipinski definition) is 1. The molecule has 5 heteroatoms. The molecule has 1 N–H and O–H groups in total. The summed E-state index contributed by atoms with van der Waals surface area (Å²) < 4.78 is 0. The van der Waals surface area contributed by atoms with Crippen LogP contribution in [0, 0.1) is 13.8 Å². The van der Waals surface area contributed by atoms with Crippen LogP contribution in [0.1, 0.15) is 55.7 Å². The van der Waals surface area contributed by atoms with E-state index in [0.29, 0.717) is 18.7 Å². The Bertz CT molecular complexity index is 858. The molecule has 1 aliphatic rings. The first kappa shape index (κ1) is 23.4. The van der Waals surface area contributed by atoms with Crippen LogP contribution in [-0.4, -0.2) is 34.6 Å². The topological polar surface area (TPSA) is 49.4 Å². The number of hydrogen-bond acceptors (Lipinski definition) is 3. The molecule has 1 aliphatic carbocycles. The SMILES string of the molecule is Cc1ccc(CN(C(=O)CCSc2ccc(C)cc2)[C@H](C)C(=O)NC2CCCC2)cc1. The summed E-state index contributed by atoms with van der Waals surface area (Å²) in [6, 6.07) is 16.3. The van der Waals surface area contributed by atoms with Gasteiger partial charge in [-0.3, -0.25) is 9.59 Å². The molecule has 0 unspecified atom stereocenters. The Morgan fingerprint density at radius 3 is 2.19 bits per heavy atom. The number of carbonyl (C=O) groups is 2. The number of rotatable bonds is 9. The average Bonchev–Trinajstić information content (AvgIpc) is 3.27. The zero-order chi connectivity index (χ0) is 22.2. The summed E-state index contributed by atoms with van der Waals surface area (Å²) in [6.07, 6.45) is 4.82. The minimum Gasteiger partial charge on any atom is -0.352 e. The highest BCUT2D eigenvalue weighted by atomic mass is 32.2. The van der Waals surface area contributed by atoms with Gasteiger partial charge in [-0.2, -0.15) is 0 Å². The molecule has 1 saturated carbocycles. The molecule has 0 saturated heterocycles. The number of nitrogens with one attached hydrogen (secondary N) is 1. The lowest BCUT2D eigenvalue weighted by atomic mass is 10.1. The summed E-state index contributed by atoms with van der Waals surface area (Å²) in [4.78, 5) is 29.0. The maximum absolute atomic E-state index is 13.2. The molecule has 0 heterocycles. The molecular formula is C26H34N2O2S. The number of thioether (sulfide) groups is 1. The van der Waals surface area contributed by atoms with E-state index in [1.807, 2.05) is 26.0 Å². The summed E-state index contributed by atoms with van der Waals surface area (Å²) in [5, 5.41) is 3.16. The van der Waals surface area contributed by atoms with E-state index in [-0.39, 0.29) is 17.9 Å². The second-order valence-electron chi connectivity index (χ2n) is 8.58. The Hall–Kier alpha value is -2.27. The summed E-state index contributed by atoms with van der Waals surface area (Å²) in [5.74, 6) is 0.677. The molecule has 1 atom stereocenters. The van der Waals surface area contributed by atoms with Crippen LogP contribution >= 0.6 is 11.8 Å². The van der Waals surface area contributed by atoms with Crippen molar-refractivity contribution in [2.75, 3.05) is 5.75 Å². The first-order valence-corrected chi connectivity index (χ1v) is 12.3. The molecule has 0 bridgehead atoms. The average molecular weight is 439 g/mol. The van der Waals surface area contributed by atoms with Crippen molar-refractivity contribution in [2.45, 2.75) is 76.4 Å². The van der Waals surface area contributed by atoms with Crippen LogP contribution in [0.2, 0.25) is 0 Å². The highest BCUT2D eigenvalue weighted by Crippen LogP contribution is 2.21. The van der Waals surface area contributed by atoms with Gasteiger partial charge in [-0.25, -0.2) is 0 Å². The Labute approximate surface area is 190 Å². The van der Waals surface area contributed by atoms with Crippen molar-refractivity contribution in [3.8, 4) is 0 Å². The van der Waals surface area contributed by atoms with Gasteiger partial charge in [0.05, 0.1) is 0 Å². The van der Waals surface area contributed by atoms with Gasteiger partial charge in [0.2, 0.25) is 11.8 Å². The van der Waals surface area contributed by atoms with Gasteiger partial charge in [-0.05, 0) is 51.3 Å². The number of benzene rings is 2. The summed E-state index contributed by atoms with van der Waals surface area (Å²) in [5.41, 5.74) is 3.46. The molecule has 1 fully saturated rings. The normalized spacial score (nSPS) is 14.9. The number of aryl methyl sites for hydroxylation is 2. The largest absolute Gasteiger partial charge is 0.352 e. The minimum absolute atomic E-state index is 0.0225. The van der Waals surface area contributed by atoms with Crippen LogP contribution in [-0.2, 0) is 16.1 Å². The van der Waals surface area contributed by atoms with E-state index in [4.69, 9.17) is 0 Å². The molecule has 4 nitrogen and oxygen atoms in total. The smallest absolute Gasteiger partial charge is 0.242 e. The van der Waals surface area contributed by atoms with Gasteiger partial charge in [0.15, 0.2) is 0 Å². The highest BCUT2D eigenvalue weighted by molar-refractivity contribution is 7.99. The zero-order valence-corrected chi connectivity index (χ0v) is 19.7. The Kier molecular flexibility index (Phi) is 8.59. The molecule has 2 amide bonds. The first-order valence-electron chi connectivity index (χ1n) is 11.3. The monoisotopic (exact) mass is 438 g/mol. The van der Waals surface area contributed by atoms with E-state index in [9.17, 15) is 9.59 Å². The maximum Gasteiger partial charge on any atom is 0.242 e.